The Kier molecular flexibility index (Phi) is 11.0. The number of rotatable bonds is 10. The molecule has 0 aromatic carbocycles. The minimum atomic E-state index is 0.0857. The molecule has 0 saturated carbocycles. The second-order valence-corrected chi connectivity index (χ2v) is 3.57. The van der Waals surface area contributed by atoms with E-state index in [1.165, 1.54) is 19.3 Å². The zero-order valence-electron chi connectivity index (χ0n) is 9.97. The fourth-order valence-electron chi connectivity index (χ4n) is 1.21. The Balaban J connectivity index is 3.11. The quantitative estimate of drug-likeness (QED) is 0.427. The Morgan fingerprint density at radius 2 is 2.07 bits per heavy atom. The molecule has 0 rings (SSSR count). The highest BCUT2D eigenvalue weighted by Gasteiger charge is 1.99. The monoisotopic (exact) mass is 216 g/mol. The molecule has 4 nitrogen and oxygen atoms in total. The number of carbonyl (C=O) groups is 1. The lowest BCUT2D eigenvalue weighted by atomic mass is 10.2. The van der Waals surface area contributed by atoms with Crippen molar-refractivity contribution in [1.82, 2.24) is 10.6 Å². The van der Waals surface area contributed by atoms with Crippen LogP contribution in [0.5, 0.6) is 0 Å². The van der Waals surface area contributed by atoms with E-state index in [2.05, 4.69) is 17.6 Å². The third-order valence-corrected chi connectivity index (χ3v) is 2.07. The molecular formula is C11H24N2O2. The molecule has 90 valence electrons. The molecule has 4 heteroatoms. The van der Waals surface area contributed by atoms with Crippen molar-refractivity contribution in [3.8, 4) is 0 Å². The molecule has 0 aliphatic heterocycles. The zero-order valence-corrected chi connectivity index (χ0v) is 9.97. The maximum Gasteiger partial charge on any atom is 0.222 e. The van der Waals surface area contributed by atoms with Crippen LogP contribution >= 0.6 is 0 Å². The molecule has 0 radical (unpaired) electrons. The molecule has 0 aliphatic carbocycles. The van der Waals surface area contributed by atoms with E-state index in [9.17, 15) is 4.79 Å². The highest BCUT2D eigenvalue weighted by molar-refractivity contribution is 5.75. The van der Waals surface area contributed by atoms with Crippen LogP contribution in [0.15, 0.2) is 0 Å². The summed E-state index contributed by atoms with van der Waals surface area (Å²) in [7, 11) is 1.81. The summed E-state index contributed by atoms with van der Waals surface area (Å²) in [4.78, 5) is 11.2. The smallest absolute Gasteiger partial charge is 0.222 e. The van der Waals surface area contributed by atoms with Crippen LogP contribution in [0.3, 0.4) is 0 Å². The number of hydrogen-bond acceptors (Lipinski definition) is 3. The maximum absolute atomic E-state index is 11.2. The van der Waals surface area contributed by atoms with E-state index in [1.807, 2.05) is 7.05 Å². The molecule has 0 bridgehead atoms. The van der Waals surface area contributed by atoms with Crippen LogP contribution in [-0.4, -0.2) is 32.8 Å². The first kappa shape index (κ1) is 14.4. The molecule has 0 aromatic rings. The third-order valence-electron chi connectivity index (χ3n) is 2.07. The molecule has 1 amide bonds. The van der Waals surface area contributed by atoms with E-state index in [4.69, 9.17) is 4.74 Å². The second-order valence-electron chi connectivity index (χ2n) is 3.57. The van der Waals surface area contributed by atoms with Gasteiger partial charge in [-0.25, -0.2) is 0 Å². The first-order valence-electron chi connectivity index (χ1n) is 5.80. The molecule has 0 unspecified atom stereocenters. The fourth-order valence-corrected chi connectivity index (χ4v) is 1.21. The summed E-state index contributed by atoms with van der Waals surface area (Å²) >= 11 is 0. The summed E-state index contributed by atoms with van der Waals surface area (Å²) in [6, 6.07) is 0. The molecule has 0 saturated heterocycles. The maximum atomic E-state index is 11.2. The van der Waals surface area contributed by atoms with Gasteiger partial charge in [0.2, 0.25) is 5.91 Å². The summed E-state index contributed by atoms with van der Waals surface area (Å²) in [5, 5.41) is 5.73. The van der Waals surface area contributed by atoms with E-state index in [0.29, 0.717) is 19.8 Å². The van der Waals surface area contributed by atoms with E-state index in [1.54, 1.807) is 0 Å². The Labute approximate surface area is 92.8 Å². The van der Waals surface area contributed by atoms with Crippen molar-refractivity contribution in [3.05, 3.63) is 0 Å². The number of hydrogen-bond donors (Lipinski definition) is 2. The highest BCUT2D eigenvalue weighted by Crippen LogP contribution is 1.97. The van der Waals surface area contributed by atoms with E-state index in [0.717, 1.165) is 13.0 Å². The van der Waals surface area contributed by atoms with Crippen molar-refractivity contribution in [2.24, 2.45) is 0 Å². The largest absolute Gasteiger partial charge is 0.366 e. The van der Waals surface area contributed by atoms with E-state index >= 15 is 0 Å². The summed E-state index contributed by atoms with van der Waals surface area (Å²) in [5.41, 5.74) is 0. The lowest BCUT2D eigenvalue weighted by molar-refractivity contribution is -0.122. The van der Waals surface area contributed by atoms with Crippen LogP contribution in [0.2, 0.25) is 0 Å². The predicted molar refractivity (Wildman–Crippen MR) is 61.6 cm³/mol. The van der Waals surface area contributed by atoms with Crippen LogP contribution in [0.1, 0.15) is 39.0 Å². The average Bonchev–Trinajstić information content (AvgIpc) is 2.24. The van der Waals surface area contributed by atoms with Crippen LogP contribution in [0.4, 0.5) is 0 Å². The summed E-state index contributed by atoms with van der Waals surface area (Å²) in [6.45, 7) is 3.97. The van der Waals surface area contributed by atoms with Gasteiger partial charge in [-0.3, -0.25) is 10.1 Å². The van der Waals surface area contributed by atoms with Crippen molar-refractivity contribution in [1.29, 1.82) is 0 Å². The standard InChI is InChI=1S/C11H24N2O2/c1-3-4-5-6-8-13-11(14)7-9-15-10-12-2/h12H,3-10H2,1-2H3,(H,13,14). The Morgan fingerprint density at radius 1 is 1.27 bits per heavy atom. The van der Waals surface area contributed by atoms with Gasteiger partial charge in [0.15, 0.2) is 0 Å². The predicted octanol–water partition coefficient (Wildman–Crippen LogP) is 1.27. The van der Waals surface area contributed by atoms with Crippen LogP contribution < -0.4 is 10.6 Å². The molecule has 0 aliphatic rings. The van der Waals surface area contributed by atoms with Gasteiger partial charge in [0.25, 0.3) is 0 Å². The summed E-state index contributed by atoms with van der Waals surface area (Å²) < 4.78 is 5.13. The number of amides is 1. The number of carbonyl (C=O) groups excluding carboxylic acids is 1. The van der Waals surface area contributed by atoms with Gasteiger partial charge < -0.3 is 10.1 Å². The molecule has 0 atom stereocenters. The zero-order chi connectivity index (χ0) is 11.4. The van der Waals surface area contributed by atoms with Crippen LogP contribution in [0.25, 0.3) is 0 Å². The van der Waals surface area contributed by atoms with Crippen molar-refractivity contribution in [2.45, 2.75) is 39.0 Å². The van der Waals surface area contributed by atoms with Gasteiger partial charge in [-0.05, 0) is 13.5 Å². The highest BCUT2D eigenvalue weighted by atomic mass is 16.5. The fraction of sp³-hybridized carbons (Fsp3) is 0.909. The van der Waals surface area contributed by atoms with Crippen molar-refractivity contribution in [3.63, 3.8) is 0 Å². The molecule has 2 N–H and O–H groups in total. The Morgan fingerprint density at radius 3 is 2.73 bits per heavy atom. The molecule has 0 heterocycles. The minimum absolute atomic E-state index is 0.0857. The van der Waals surface area contributed by atoms with Crippen LogP contribution in [-0.2, 0) is 9.53 Å². The van der Waals surface area contributed by atoms with Gasteiger partial charge in [0.1, 0.15) is 0 Å². The Bertz CT molecular complexity index is 152. The van der Waals surface area contributed by atoms with Gasteiger partial charge >= 0.3 is 0 Å². The van der Waals surface area contributed by atoms with Gasteiger partial charge in [-0.15, -0.1) is 0 Å². The van der Waals surface area contributed by atoms with Gasteiger partial charge in [-0.1, -0.05) is 26.2 Å². The lowest BCUT2D eigenvalue weighted by Crippen LogP contribution is -2.26. The number of nitrogens with one attached hydrogen (secondary N) is 2. The first-order chi connectivity index (χ1) is 7.31. The molecule has 0 fully saturated rings. The van der Waals surface area contributed by atoms with E-state index < -0.39 is 0 Å². The average molecular weight is 216 g/mol. The third kappa shape index (κ3) is 11.3. The molecule has 0 spiro atoms. The minimum Gasteiger partial charge on any atom is -0.366 e. The second kappa shape index (κ2) is 11.5. The molecular weight excluding hydrogens is 192 g/mol. The van der Waals surface area contributed by atoms with Crippen LogP contribution in [0, 0.1) is 0 Å². The lowest BCUT2D eigenvalue weighted by Gasteiger charge is -2.05. The van der Waals surface area contributed by atoms with Gasteiger partial charge in [0.05, 0.1) is 19.8 Å². The Hall–Kier alpha value is -0.610. The van der Waals surface area contributed by atoms with Crippen molar-refractivity contribution in [2.75, 3.05) is 26.9 Å². The summed E-state index contributed by atoms with van der Waals surface area (Å²) in [5.74, 6) is 0.0857. The van der Waals surface area contributed by atoms with Gasteiger partial charge in [0, 0.05) is 6.54 Å². The SMILES string of the molecule is CCCCCCNC(=O)CCOCNC. The molecule has 15 heavy (non-hydrogen) atoms. The normalized spacial score (nSPS) is 10.3. The van der Waals surface area contributed by atoms with E-state index in [-0.39, 0.29) is 5.91 Å². The first-order valence-corrected chi connectivity index (χ1v) is 5.80. The summed E-state index contributed by atoms with van der Waals surface area (Å²) in [6.07, 6.45) is 5.21. The van der Waals surface area contributed by atoms with Gasteiger partial charge in [-0.2, -0.15) is 0 Å². The van der Waals surface area contributed by atoms with Crippen molar-refractivity contribution >= 4 is 5.91 Å². The number of unbranched alkanes of at least 4 members (excludes halogenated alkanes) is 3. The number of ether oxygens (including phenoxy) is 1. The molecule has 0 aromatic heterocycles. The van der Waals surface area contributed by atoms with Crippen molar-refractivity contribution < 1.29 is 9.53 Å². The topological polar surface area (TPSA) is 50.4 Å².